The van der Waals surface area contributed by atoms with Gasteiger partial charge >= 0.3 is 5.97 Å². The highest BCUT2D eigenvalue weighted by Gasteiger charge is 2.43. The number of carboxylic acids is 1. The van der Waals surface area contributed by atoms with E-state index < -0.39 is 24.0 Å². The molecule has 0 fully saturated rings. The molecule has 0 saturated heterocycles. The summed E-state index contributed by atoms with van der Waals surface area (Å²) >= 11 is 12.2. The van der Waals surface area contributed by atoms with Crippen LogP contribution in [0.2, 0.25) is 10.0 Å². The molecular weight excluding hydrogens is 515 g/mol. The molecule has 2 atom stereocenters. The van der Waals surface area contributed by atoms with E-state index in [9.17, 15) is 19.5 Å². The van der Waals surface area contributed by atoms with E-state index in [1.807, 2.05) is 6.92 Å². The number of para-hydroxylation sites is 1. The van der Waals surface area contributed by atoms with Crippen molar-refractivity contribution < 1.29 is 24.6 Å². The highest BCUT2D eigenvalue weighted by Crippen LogP contribution is 2.42. The molecule has 0 aliphatic carbocycles. The number of amides is 2. The number of carbonyl (C=O) groups excluding carboxylic acids is 2. The molecule has 37 heavy (non-hydrogen) atoms. The van der Waals surface area contributed by atoms with Gasteiger partial charge in [-0.1, -0.05) is 53.5 Å². The lowest BCUT2D eigenvalue weighted by Crippen LogP contribution is -2.44. The van der Waals surface area contributed by atoms with E-state index in [0.717, 1.165) is 5.56 Å². The molecule has 192 valence electrons. The topological polar surface area (TPSA) is 98.2 Å². The van der Waals surface area contributed by atoms with Crippen LogP contribution in [0.4, 0.5) is 5.69 Å². The number of phenolic OH excluding ortho intramolecular Hbond substituents is 1. The predicted molar refractivity (Wildman–Crippen MR) is 142 cm³/mol. The van der Waals surface area contributed by atoms with Crippen molar-refractivity contribution in [2.45, 2.75) is 38.3 Å². The Morgan fingerprint density at radius 1 is 0.973 bits per heavy atom. The third-order valence-corrected chi connectivity index (χ3v) is 7.00. The summed E-state index contributed by atoms with van der Waals surface area (Å²) in [7, 11) is 0. The monoisotopic (exact) mass is 540 g/mol. The Hall–Kier alpha value is -3.55. The van der Waals surface area contributed by atoms with Crippen molar-refractivity contribution in [1.29, 1.82) is 0 Å². The third-order valence-electron chi connectivity index (χ3n) is 6.52. The number of carbonyl (C=O) groups is 3. The Kier molecular flexibility index (Phi) is 8.05. The van der Waals surface area contributed by atoms with E-state index in [-0.39, 0.29) is 30.2 Å². The zero-order valence-electron chi connectivity index (χ0n) is 20.1. The van der Waals surface area contributed by atoms with Crippen LogP contribution in [0.15, 0.2) is 66.7 Å². The molecule has 3 aromatic carbocycles. The second kappa shape index (κ2) is 11.2. The van der Waals surface area contributed by atoms with Gasteiger partial charge < -0.3 is 20.0 Å². The normalized spacial score (nSPS) is 16.4. The van der Waals surface area contributed by atoms with Crippen LogP contribution >= 0.6 is 23.2 Å². The Balaban J connectivity index is 1.86. The van der Waals surface area contributed by atoms with Crippen LogP contribution in [0.1, 0.15) is 59.8 Å². The first-order valence-electron chi connectivity index (χ1n) is 11.9. The number of aliphatic carboxylic acids is 1. The first-order chi connectivity index (χ1) is 17.7. The Morgan fingerprint density at radius 2 is 1.65 bits per heavy atom. The molecule has 0 radical (unpaired) electrons. The summed E-state index contributed by atoms with van der Waals surface area (Å²) in [5.74, 6) is -1.90. The van der Waals surface area contributed by atoms with Crippen LogP contribution in [-0.4, -0.2) is 39.4 Å². The highest BCUT2D eigenvalue weighted by molar-refractivity contribution is 6.31. The van der Waals surface area contributed by atoms with Gasteiger partial charge in [-0.05, 0) is 61.7 Å². The number of benzene rings is 3. The van der Waals surface area contributed by atoms with Crippen molar-refractivity contribution in [1.82, 2.24) is 4.90 Å². The fourth-order valence-corrected chi connectivity index (χ4v) is 4.93. The molecule has 0 bridgehead atoms. The van der Waals surface area contributed by atoms with Gasteiger partial charge in [0, 0.05) is 28.6 Å². The summed E-state index contributed by atoms with van der Waals surface area (Å²) in [6, 6.07) is 16.6. The number of halogens is 2. The maximum atomic E-state index is 14.3. The molecule has 1 aliphatic rings. The molecule has 0 spiro atoms. The molecule has 1 aliphatic heterocycles. The van der Waals surface area contributed by atoms with E-state index in [4.69, 9.17) is 28.3 Å². The standard InChI is InChI=1S/C28H26Cl2N2O5/c1-17(18-9-11-19(29)12-10-18)32-26(22-14-13-20(30)16-24(22)33)28(37)31(15-5-4-8-25(34)35)23-7-3-2-6-21(23)27(32)36/h2-3,6-7,9-14,16-17,26,33H,4-5,8,15H2,1H3,(H,34,35). The average Bonchev–Trinajstić information content (AvgIpc) is 2.95. The fourth-order valence-electron chi connectivity index (χ4n) is 4.64. The first kappa shape index (κ1) is 26.5. The number of fused-ring (bicyclic) bond motifs is 1. The zero-order chi connectivity index (χ0) is 26.7. The predicted octanol–water partition coefficient (Wildman–Crippen LogP) is 6.25. The van der Waals surface area contributed by atoms with Crippen LogP contribution in [-0.2, 0) is 9.59 Å². The van der Waals surface area contributed by atoms with E-state index in [1.54, 1.807) is 60.7 Å². The quantitative estimate of drug-likeness (QED) is 0.329. The Bertz CT molecular complexity index is 1330. The van der Waals surface area contributed by atoms with Crippen molar-refractivity contribution >= 4 is 46.7 Å². The van der Waals surface area contributed by atoms with Gasteiger partial charge in [-0.2, -0.15) is 0 Å². The van der Waals surface area contributed by atoms with Gasteiger partial charge in [0.1, 0.15) is 11.8 Å². The first-order valence-corrected chi connectivity index (χ1v) is 12.6. The Labute approximate surface area is 224 Å². The third kappa shape index (κ3) is 5.58. The van der Waals surface area contributed by atoms with Crippen molar-refractivity contribution in [3.05, 3.63) is 93.5 Å². The number of carboxylic acid groups (broad SMARTS) is 1. The van der Waals surface area contributed by atoms with Gasteiger partial charge in [0.15, 0.2) is 0 Å². The van der Waals surface area contributed by atoms with E-state index in [1.165, 1.54) is 15.9 Å². The molecule has 9 heteroatoms. The lowest BCUT2D eigenvalue weighted by molar-refractivity contribution is -0.137. The second-order valence-electron chi connectivity index (χ2n) is 8.90. The van der Waals surface area contributed by atoms with Gasteiger partial charge in [-0.3, -0.25) is 14.4 Å². The van der Waals surface area contributed by atoms with Crippen LogP contribution < -0.4 is 4.90 Å². The van der Waals surface area contributed by atoms with Gasteiger partial charge in [-0.25, -0.2) is 0 Å². The molecule has 2 N–H and O–H groups in total. The van der Waals surface area contributed by atoms with Gasteiger partial charge in [0.2, 0.25) is 0 Å². The van der Waals surface area contributed by atoms with Gasteiger partial charge in [-0.15, -0.1) is 0 Å². The molecule has 3 aromatic rings. The number of unbranched alkanes of at least 4 members (excludes halogenated alkanes) is 1. The lowest BCUT2D eigenvalue weighted by atomic mass is 9.98. The minimum atomic E-state index is -1.16. The summed E-state index contributed by atoms with van der Waals surface area (Å²) in [6.45, 7) is 2.03. The molecule has 2 amide bonds. The van der Waals surface area contributed by atoms with E-state index in [2.05, 4.69) is 0 Å². The Morgan fingerprint density at radius 3 is 2.32 bits per heavy atom. The number of hydrogen-bond donors (Lipinski definition) is 2. The maximum absolute atomic E-state index is 14.3. The molecule has 0 aromatic heterocycles. The van der Waals surface area contributed by atoms with Crippen molar-refractivity contribution in [2.24, 2.45) is 0 Å². The van der Waals surface area contributed by atoms with Crippen LogP contribution in [0.25, 0.3) is 0 Å². The number of rotatable bonds is 8. The van der Waals surface area contributed by atoms with E-state index >= 15 is 0 Å². The number of anilines is 1. The van der Waals surface area contributed by atoms with Crippen molar-refractivity contribution in [3.8, 4) is 5.75 Å². The van der Waals surface area contributed by atoms with E-state index in [0.29, 0.717) is 34.1 Å². The minimum absolute atomic E-state index is 0.0241. The summed E-state index contributed by atoms with van der Waals surface area (Å²) < 4.78 is 0. The summed E-state index contributed by atoms with van der Waals surface area (Å²) in [5, 5.41) is 20.7. The molecule has 7 nitrogen and oxygen atoms in total. The lowest BCUT2D eigenvalue weighted by Gasteiger charge is -2.36. The maximum Gasteiger partial charge on any atom is 0.303 e. The fraction of sp³-hybridized carbons (Fsp3) is 0.250. The molecule has 2 unspecified atom stereocenters. The number of hydrogen-bond acceptors (Lipinski definition) is 4. The SMILES string of the molecule is CC(c1ccc(Cl)cc1)N1C(=O)c2ccccc2N(CCCCC(=O)O)C(=O)C1c1ccc(Cl)cc1O. The summed E-state index contributed by atoms with van der Waals surface area (Å²) in [4.78, 5) is 42.4. The summed E-state index contributed by atoms with van der Waals surface area (Å²) in [5.41, 5.74) is 1.78. The smallest absolute Gasteiger partial charge is 0.303 e. The molecule has 0 saturated carbocycles. The molecule has 1 heterocycles. The van der Waals surface area contributed by atoms with Crippen molar-refractivity contribution in [3.63, 3.8) is 0 Å². The minimum Gasteiger partial charge on any atom is -0.508 e. The van der Waals surface area contributed by atoms with Crippen LogP contribution in [0.5, 0.6) is 5.75 Å². The van der Waals surface area contributed by atoms with Crippen LogP contribution in [0.3, 0.4) is 0 Å². The largest absolute Gasteiger partial charge is 0.508 e. The zero-order valence-corrected chi connectivity index (χ0v) is 21.6. The molecular formula is C28H26Cl2N2O5. The van der Waals surface area contributed by atoms with Crippen LogP contribution in [0, 0.1) is 0 Å². The average molecular weight is 541 g/mol. The number of phenols is 1. The summed E-state index contributed by atoms with van der Waals surface area (Å²) in [6.07, 6.45) is 0.771. The van der Waals surface area contributed by atoms with Gasteiger partial charge in [0.05, 0.1) is 17.3 Å². The second-order valence-corrected chi connectivity index (χ2v) is 9.78. The number of nitrogens with zero attached hydrogens (tertiary/aromatic N) is 2. The van der Waals surface area contributed by atoms with Crippen molar-refractivity contribution in [2.75, 3.05) is 11.4 Å². The highest BCUT2D eigenvalue weighted by atomic mass is 35.5. The number of aromatic hydroxyl groups is 1. The molecule has 4 rings (SSSR count). The van der Waals surface area contributed by atoms with Gasteiger partial charge in [0.25, 0.3) is 11.8 Å².